The first-order valence-electron chi connectivity index (χ1n) is 8.39. The van der Waals surface area contributed by atoms with E-state index in [0.29, 0.717) is 5.56 Å². The maximum absolute atomic E-state index is 12.4. The first-order valence-corrected chi connectivity index (χ1v) is 8.39. The maximum atomic E-state index is 12.4. The molecule has 25 heavy (non-hydrogen) atoms. The smallest absolute Gasteiger partial charge is 0.253 e. The summed E-state index contributed by atoms with van der Waals surface area (Å²) in [4.78, 5) is 31.8. The van der Waals surface area contributed by atoms with Crippen molar-refractivity contribution in [1.29, 1.82) is 0 Å². The first-order chi connectivity index (χ1) is 12.0. The Labute approximate surface area is 145 Å². The summed E-state index contributed by atoms with van der Waals surface area (Å²) in [6.07, 6.45) is 0.749. The topological polar surface area (TPSA) is 79.8 Å². The predicted molar refractivity (Wildman–Crippen MR) is 97.5 cm³/mol. The zero-order valence-corrected chi connectivity index (χ0v) is 14.7. The van der Waals surface area contributed by atoms with Crippen LogP contribution in [0.5, 0.6) is 0 Å². The molecule has 2 aromatic heterocycles. The van der Waals surface area contributed by atoms with Gasteiger partial charge in [-0.05, 0) is 37.6 Å². The number of carbonyl (C=O) groups is 1. The number of benzene rings is 1. The van der Waals surface area contributed by atoms with Crippen molar-refractivity contribution in [3.63, 3.8) is 0 Å². The van der Waals surface area contributed by atoms with Gasteiger partial charge in [-0.1, -0.05) is 19.1 Å². The molecule has 3 rings (SSSR count). The number of para-hydroxylation sites is 2. The summed E-state index contributed by atoms with van der Waals surface area (Å²) in [5.74, 6) is 0.734. The average molecular weight is 338 g/mol. The van der Waals surface area contributed by atoms with E-state index in [-0.39, 0.29) is 24.6 Å². The molecule has 2 N–H and O–H groups in total. The summed E-state index contributed by atoms with van der Waals surface area (Å²) >= 11 is 0. The summed E-state index contributed by atoms with van der Waals surface area (Å²) in [6, 6.07) is 9.68. The molecule has 2 heterocycles. The molecule has 1 amide bonds. The van der Waals surface area contributed by atoms with Gasteiger partial charge in [0.2, 0.25) is 5.91 Å². The number of amides is 1. The van der Waals surface area contributed by atoms with Crippen molar-refractivity contribution in [1.82, 2.24) is 19.9 Å². The highest BCUT2D eigenvalue weighted by Gasteiger charge is 2.13. The summed E-state index contributed by atoms with van der Waals surface area (Å²) in [5.41, 5.74) is 3.96. The van der Waals surface area contributed by atoms with Crippen LogP contribution in [0, 0.1) is 13.8 Å². The van der Waals surface area contributed by atoms with E-state index in [1.165, 1.54) is 0 Å². The van der Waals surface area contributed by atoms with E-state index < -0.39 is 0 Å². The summed E-state index contributed by atoms with van der Waals surface area (Å²) in [6.45, 7) is 6.14. The van der Waals surface area contributed by atoms with Gasteiger partial charge in [0.15, 0.2) is 0 Å². The third-order valence-corrected chi connectivity index (χ3v) is 4.31. The van der Waals surface area contributed by atoms with Gasteiger partial charge in [-0.2, -0.15) is 0 Å². The van der Waals surface area contributed by atoms with Crippen molar-refractivity contribution < 1.29 is 4.79 Å². The molecular weight excluding hydrogens is 316 g/mol. The number of rotatable bonds is 5. The fourth-order valence-corrected chi connectivity index (χ4v) is 3.06. The summed E-state index contributed by atoms with van der Waals surface area (Å²) < 4.78 is 1.93. The zero-order chi connectivity index (χ0) is 18.0. The van der Waals surface area contributed by atoms with E-state index in [4.69, 9.17) is 0 Å². The molecule has 0 spiro atoms. The number of hydrogen-bond donors (Lipinski definition) is 2. The van der Waals surface area contributed by atoms with Crippen LogP contribution in [0.15, 0.2) is 35.1 Å². The standard InChI is InChI=1S/C19H22N4O2/c1-4-17-22-15-7-5-6-8-16(15)23(17)11-18(24)20-10-14-12(2)9-13(3)21-19(14)25/h5-9H,4,10-11H2,1-3H3,(H,20,24)(H,21,25). The van der Waals surface area contributed by atoms with Gasteiger partial charge in [0.25, 0.3) is 5.56 Å². The molecule has 0 bridgehead atoms. The van der Waals surface area contributed by atoms with Gasteiger partial charge in [-0.15, -0.1) is 0 Å². The Bertz CT molecular complexity index is 985. The molecule has 0 radical (unpaired) electrons. The molecule has 0 aliphatic carbocycles. The van der Waals surface area contributed by atoms with Gasteiger partial charge in [0.1, 0.15) is 12.4 Å². The van der Waals surface area contributed by atoms with Gasteiger partial charge in [-0.3, -0.25) is 9.59 Å². The van der Waals surface area contributed by atoms with E-state index in [1.54, 1.807) is 0 Å². The number of imidazole rings is 1. The highest BCUT2D eigenvalue weighted by atomic mass is 16.2. The second-order valence-electron chi connectivity index (χ2n) is 6.18. The lowest BCUT2D eigenvalue weighted by atomic mass is 10.1. The van der Waals surface area contributed by atoms with Crippen LogP contribution in [0.25, 0.3) is 11.0 Å². The SMILES string of the molecule is CCc1nc2ccccc2n1CC(=O)NCc1c(C)cc(C)[nH]c1=O. The highest BCUT2D eigenvalue weighted by molar-refractivity contribution is 5.81. The number of aryl methyl sites for hydroxylation is 3. The Hall–Kier alpha value is -2.89. The van der Waals surface area contributed by atoms with Gasteiger partial charge in [-0.25, -0.2) is 4.98 Å². The lowest BCUT2D eigenvalue weighted by Gasteiger charge is -2.10. The number of nitrogens with one attached hydrogen (secondary N) is 2. The van der Waals surface area contributed by atoms with Crippen LogP contribution in [0.4, 0.5) is 0 Å². The van der Waals surface area contributed by atoms with Crippen LogP contribution < -0.4 is 10.9 Å². The average Bonchev–Trinajstić information content (AvgIpc) is 2.91. The molecule has 6 nitrogen and oxygen atoms in total. The second-order valence-corrected chi connectivity index (χ2v) is 6.18. The summed E-state index contributed by atoms with van der Waals surface area (Å²) in [5, 5.41) is 2.85. The van der Waals surface area contributed by atoms with Crippen LogP contribution in [-0.4, -0.2) is 20.4 Å². The lowest BCUT2D eigenvalue weighted by Crippen LogP contribution is -2.31. The highest BCUT2D eigenvalue weighted by Crippen LogP contribution is 2.16. The molecule has 6 heteroatoms. The minimum absolute atomic E-state index is 0.141. The summed E-state index contributed by atoms with van der Waals surface area (Å²) in [7, 11) is 0. The molecule has 3 aromatic rings. The van der Waals surface area contributed by atoms with Crippen LogP contribution in [0.1, 0.15) is 29.6 Å². The van der Waals surface area contributed by atoms with Crippen LogP contribution >= 0.6 is 0 Å². The van der Waals surface area contributed by atoms with Crippen molar-refractivity contribution in [2.75, 3.05) is 0 Å². The number of fused-ring (bicyclic) bond motifs is 1. The monoisotopic (exact) mass is 338 g/mol. The number of aromatic nitrogens is 3. The Morgan fingerprint density at radius 3 is 2.76 bits per heavy atom. The van der Waals surface area contributed by atoms with Gasteiger partial charge in [0, 0.05) is 24.2 Å². The molecule has 0 atom stereocenters. The van der Waals surface area contributed by atoms with Crippen molar-refractivity contribution in [2.24, 2.45) is 0 Å². The van der Waals surface area contributed by atoms with Gasteiger partial charge in [0.05, 0.1) is 11.0 Å². The predicted octanol–water partition coefficient (Wildman–Crippen LogP) is 2.22. The Morgan fingerprint density at radius 1 is 1.28 bits per heavy atom. The van der Waals surface area contributed by atoms with Gasteiger partial charge < -0.3 is 14.9 Å². The maximum Gasteiger partial charge on any atom is 0.253 e. The van der Waals surface area contributed by atoms with E-state index in [1.807, 2.05) is 55.7 Å². The Balaban J connectivity index is 1.77. The fourth-order valence-electron chi connectivity index (χ4n) is 3.06. The minimum Gasteiger partial charge on any atom is -0.350 e. The van der Waals surface area contributed by atoms with Crippen molar-refractivity contribution in [3.05, 3.63) is 63.3 Å². The van der Waals surface area contributed by atoms with Crippen LogP contribution in [0.2, 0.25) is 0 Å². The first kappa shape index (κ1) is 17.0. The lowest BCUT2D eigenvalue weighted by molar-refractivity contribution is -0.121. The van der Waals surface area contributed by atoms with E-state index in [9.17, 15) is 9.59 Å². The van der Waals surface area contributed by atoms with E-state index in [0.717, 1.165) is 34.5 Å². The Kier molecular flexibility index (Phi) is 4.70. The minimum atomic E-state index is -0.153. The quantitative estimate of drug-likeness (QED) is 0.748. The fraction of sp³-hybridized carbons (Fsp3) is 0.316. The number of carbonyl (C=O) groups excluding carboxylic acids is 1. The number of aromatic amines is 1. The molecule has 0 saturated carbocycles. The molecular formula is C19H22N4O2. The molecule has 0 aliphatic heterocycles. The third kappa shape index (κ3) is 3.47. The van der Waals surface area contributed by atoms with Crippen LogP contribution in [-0.2, 0) is 24.3 Å². The van der Waals surface area contributed by atoms with E-state index in [2.05, 4.69) is 15.3 Å². The molecule has 1 aromatic carbocycles. The van der Waals surface area contributed by atoms with Crippen molar-refractivity contribution >= 4 is 16.9 Å². The zero-order valence-electron chi connectivity index (χ0n) is 14.7. The largest absolute Gasteiger partial charge is 0.350 e. The van der Waals surface area contributed by atoms with Crippen molar-refractivity contribution in [2.45, 2.75) is 40.3 Å². The van der Waals surface area contributed by atoms with E-state index >= 15 is 0 Å². The third-order valence-electron chi connectivity index (χ3n) is 4.31. The number of H-pyrrole nitrogens is 1. The molecule has 0 aliphatic rings. The van der Waals surface area contributed by atoms with Gasteiger partial charge >= 0.3 is 0 Å². The second kappa shape index (κ2) is 6.93. The molecule has 0 unspecified atom stereocenters. The van der Waals surface area contributed by atoms with Crippen LogP contribution in [0.3, 0.4) is 0 Å². The molecule has 130 valence electrons. The molecule has 0 fully saturated rings. The number of nitrogens with zero attached hydrogens (tertiary/aromatic N) is 2. The molecule has 0 saturated heterocycles. The Morgan fingerprint density at radius 2 is 2.04 bits per heavy atom. The normalized spacial score (nSPS) is 11.0. The van der Waals surface area contributed by atoms with Crippen molar-refractivity contribution in [3.8, 4) is 0 Å². The number of pyridine rings is 1. The number of hydrogen-bond acceptors (Lipinski definition) is 3.